The summed E-state index contributed by atoms with van der Waals surface area (Å²) in [4.78, 5) is 32.5. The van der Waals surface area contributed by atoms with Crippen molar-refractivity contribution in [3.63, 3.8) is 0 Å². The molecule has 0 bridgehead atoms. The lowest BCUT2D eigenvalue weighted by atomic mass is 9.99. The molecular formula is C25H29F3N4O3. The Bertz CT molecular complexity index is 1080. The minimum absolute atomic E-state index is 0.00341. The molecule has 0 spiro atoms. The zero-order valence-corrected chi connectivity index (χ0v) is 19.9. The molecule has 4 rings (SSSR count). The van der Waals surface area contributed by atoms with Crippen LogP contribution >= 0.6 is 0 Å². The van der Waals surface area contributed by atoms with Crippen LogP contribution in [0.3, 0.4) is 0 Å². The van der Waals surface area contributed by atoms with Gasteiger partial charge in [-0.25, -0.2) is 4.79 Å². The third kappa shape index (κ3) is 5.42. The standard InChI is InChI=1S/C25H29F3N4O3/c1-15(2)22-21-19(14-31(22)11-16-4-6-20(7-5-16)25(26,27)28)8-18(10-29-21)23(33)30-9-17-12-32(13-17)24(34)35-3/h4-8,10,15,17,22H,9,11-14H2,1-3H3,(H,30,33)/t22-/m0/s1. The molecule has 1 saturated heterocycles. The molecule has 0 radical (unpaired) electrons. The number of halogens is 3. The molecule has 7 nitrogen and oxygen atoms in total. The number of likely N-dealkylation sites (tertiary alicyclic amines) is 1. The molecule has 0 saturated carbocycles. The van der Waals surface area contributed by atoms with Crippen molar-refractivity contribution in [2.24, 2.45) is 11.8 Å². The second-order valence-corrected chi connectivity index (χ2v) is 9.51. The third-order valence-corrected chi connectivity index (χ3v) is 6.55. The summed E-state index contributed by atoms with van der Waals surface area (Å²) in [6, 6.07) is 7.09. The van der Waals surface area contributed by atoms with Crippen molar-refractivity contribution < 1.29 is 27.5 Å². The second kappa shape index (κ2) is 9.85. The highest BCUT2D eigenvalue weighted by atomic mass is 19.4. The summed E-state index contributed by atoms with van der Waals surface area (Å²) in [5.41, 5.74) is 2.44. The van der Waals surface area contributed by atoms with Crippen molar-refractivity contribution >= 4 is 12.0 Å². The van der Waals surface area contributed by atoms with Crippen LogP contribution in [0.1, 0.15) is 52.6 Å². The Labute approximate surface area is 202 Å². The minimum atomic E-state index is -4.36. The van der Waals surface area contributed by atoms with Crippen molar-refractivity contribution in [3.8, 4) is 0 Å². The lowest BCUT2D eigenvalue weighted by Gasteiger charge is -2.37. The van der Waals surface area contributed by atoms with Gasteiger partial charge in [0.2, 0.25) is 0 Å². The van der Waals surface area contributed by atoms with Gasteiger partial charge in [-0.3, -0.25) is 14.7 Å². The third-order valence-electron chi connectivity index (χ3n) is 6.55. The summed E-state index contributed by atoms with van der Waals surface area (Å²) in [6.07, 6.45) is -3.15. The van der Waals surface area contributed by atoms with Crippen molar-refractivity contribution in [1.29, 1.82) is 0 Å². The molecule has 2 aliphatic heterocycles. The number of carbonyl (C=O) groups is 2. The van der Waals surface area contributed by atoms with Crippen LogP contribution in [-0.4, -0.2) is 53.5 Å². The lowest BCUT2D eigenvalue weighted by molar-refractivity contribution is -0.137. The summed E-state index contributed by atoms with van der Waals surface area (Å²) in [6.45, 7) is 6.75. The maximum atomic E-state index is 12.9. The molecule has 2 aliphatic rings. The summed E-state index contributed by atoms with van der Waals surface area (Å²) < 4.78 is 43.3. The van der Waals surface area contributed by atoms with Gasteiger partial charge in [0.25, 0.3) is 5.91 Å². The van der Waals surface area contributed by atoms with Gasteiger partial charge in [-0.15, -0.1) is 0 Å². The van der Waals surface area contributed by atoms with E-state index in [0.29, 0.717) is 38.3 Å². The number of nitrogens with zero attached hydrogens (tertiary/aromatic N) is 3. The minimum Gasteiger partial charge on any atom is -0.453 e. The Morgan fingerprint density at radius 2 is 1.89 bits per heavy atom. The van der Waals surface area contributed by atoms with E-state index in [4.69, 9.17) is 0 Å². The first kappa shape index (κ1) is 25.0. The van der Waals surface area contributed by atoms with E-state index in [9.17, 15) is 22.8 Å². The number of benzene rings is 1. The Kier molecular flexibility index (Phi) is 7.02. The number of hydrogen-bond donors (Lipinski definition) is 1. The van der Waals surface area contributed by atoms with Gasteiger partial charge in [-0.2, -0.15) is 13.2 Å². The SMILES string of the molecule is COC(=O)N1CC(CNC(=O)c2cnc3c(c2)CN(Cc2ccc(C(F)(F)F)cc2)[C@H]3C(C)C)C1. The molecule has 188 valence electrons. The topological polar surface area (TPSA) is 74.8 Å². The summed E-state index contributed by atoms with van der Waals surface area (Å²) in [5, 5.41) is 2.91. The maximum absolute atomic E-state index is 12.9. The van der Waals surface area contributed by atoms with Crippen LogP contribution in [0.2, 0.25) is 0 Å². The van der Waals surface area contributed by atoms with E-state index in [1.807, 2.05) is 6.07 Å². The van der Waals surface area contributed by atoms with Gasteiger partial charge in [0.15, 0.2) is 0 Å². The van der Waals surface area contributed by atoms with Gasteiger partial charge in [-0.1, -0.05) is 26.0 Å². The number of aromatic nitrogens is 1. The average Bonchev–Trinajstić information content (AvgIpc) is 3.14. The monoisotopic (exact) mass is 490 g/mol. The van der Waals surface area contributed by atoms with Crippen LogP contribution in [0.25, 0.3) is 0 Å². The van der Waals surface area contributed by atoms with Gasteiger partial charge >= 0.3 is 12.3 Å². The highest BCUT2D eigenvalue weighted by Crippen LogP contribution is 2.39. The second-order valence-electron chi connectivity index (χ2n) is 9.51. The predicted octanol–water partition coefficient (Wildman–Crippen LogP) is 4.24. The Balaban J connectivity index is 1.40. The lowest BCUT2D eigenvalue weighted by Crippen LogP contribution is -2.53. The molecule has 3 heterocycles. The van der Waals surface area contributed by atoms with Crippen molar-refractivity contribution in [2.45, 2.75) is 39.2 Å². The van der Waals surface area contributed by atoms with Crippen LogP contribution in [0, 0.1) is 11.8 Å². The molecule has 1 aromatic carbocycles. The molecule has 35 heavy (non-hydrogen) atoms. The number of hydrogen-bond acceptors (Lipinski definition) is 5. The van der Waals surface area contributed by atoms with Gasteiger partial charge in [0, 0.05) is 44.8 Å². The first-order valence-corrected chi connectivity index (χ1v) is 11.6. The quantitative estimate of drug-likeness (QED) is 0.656. The van der Waals surface area contributed by atoms with Crippen molar-refractivity contribution in [2.75, 3.05) is 26.7 Å². The predicted molar refractivity (Wildman–Crippen MR) is 122 cm³/mol. The van der Waals surface area contributed by atoms with Crippen LogP contribution < -0.4 is 5.32 Å². The Hall–Kier alpha value is -3.14. The fraction of sp³-hybridized carbons (Fsp3) is 0.480. The van der Waals surface area contributed by atoms with Crippen LogP contribution in [0.15, 0.2) is 36.5 Å². The number of pyridine rings is 1. The molecule has 2 amide bonds. The normalized spacial score (nSPS) is 18.4. The smallest absolute Gasteiger partial charge is 0.416 e. The number of amides is 2. The van der Waals surface area contributed by atoms with Gasteiger partial charge in [0.05, 0.1) is 30.0 Å². The van der Waals surface area contributed by atoms with Gasteiger partial charge in [0.1, 0.15) is 0 Å². The summed E-state index contributed by atoms with van der Waals surface area (Å²) >= 11 is 0. The number of nitrogens with one attached hydrogen (secondary N) is 1. The van der Waals surface area contributed by atoms with E-state index in [-0.39, 0.29) is 29.9 Å². The number of carbonyl (C=O) groups excluding carboxylic acids is 2. The molecule has 1 fully saturated rings. The van der Waals surface area contributed by atoms with Gasteiger partial charge in [-0.05, 0) is 35.2 Å². The molecule has 0 unspecified atom stereocenters. The summed E-state index contributed by atoms with van der Waals surface area (Å²) in [5.74, 6) is 0.193. The van der Waals surface area contributed by atoms with Crippen LogP contribution in [0.5, 0.6) is 0 Å². The molecule has 1 atom stereocenters. The van der Waals surface area contributed by atoms with E-state index < -0.39 is 11.7 Å². The molecule has 0 aliphatic carbocycles. The number of methoxy groups -OCH3 is 1. The number of ether oxygens (including phenoxy) is 1. The van der Waals surface area contributed by atoms with Gasteiger partial charge < -0.3 is 15.0 Å². The highest BCUT2D eigenvalue weighted by Gasteiger charge is 2.35. The van der Waals surface area contributed by atoms with Crippen LogP contribution in [-0.2, 0) is 24.0 Å². The summed E-state index contributed by atoms with van der Waals surface area (Å²) in [7, 11) is 1.34. The highest BCUT2D eigenvalue weighted by molar-refractivity contribution is 5.94. The number of fused-ring (bicyclic) bond motifs is 1. The Morgan fingerprint density at radius 1 is 1.20 bits per heavy atom. The largest absolute Gasteiger partial charge is 0.453 e. The van der Waals surface area contributed by atoms with E-state index in [1.54, 1.807) is 11.1 Å². The number of alkyl halides is 3. The van der Waals surface area contributed by atoms with Crippen molar-refractivity contribution in [3.05, 3.63) is 64.5 Å². The first-order valence-electron chi connectivity index (χ1n) is 11.6. The van der Waals surface area contributed by atoms with E-state index in [1.165, 1.54) is 19.2 Å². The zero-order valence-electron chi connectivity index (χ0n) is 19.9. The molecule has 2 aromatic rings. The average molecular weight is 491 g/mol. The molecule has 10 heteroatoms. The molecule has 1 aromatic heterocycles. The molecule has 1 N–H and O–H groups in total. The number of rotatable bonds is 6. The Morgan fingerprint density at radius 3 is 2.49 bits per heavy atom. The van der Waals surface area contributed by atoms with Crippen LogP contribution in [0.4, 0.5) is 18.0 Å². The molecular weight excluding hydrogens is 461 g/mol. The zero-order chi connectivity index (χ0) is 25.3. The maximum Gasteiger partial charge on any atom is 0.416 e. The van der Waals surface area contributed by atoms with E-state index in [0.717, 1.165) is 29.0 Å². The first-order chi connectivity index (χ1) is 16.6. The fourth-order valence-corrected chi connectivity index (χ4v) is 4.77. The van der Waals surface area contributed by atoms with E-state index in [2.05, 4.69) is 33.8 Å². The van der Waals surface area contributed by atoms with Crippen molar-refractivity contribution in [1.82, 2.24) is 20.1 Å². The fourth-order valence-electron chi connectivity index (χ4n) is 4.77. The van der Waals surface area contributed by atoms with E-state index >= 15 is 0 Å².